The molecule has 0 aliphatic heterocycles. The van der Waals surface area contributed by atoms with Crippen LogP contribution < -0.4 is 10.7 Å². The normalized spacial score (nSPS) is 11.0. The van der Waals surface area contributed by atoms with Crippen LogP contribution in [-0.4, -0.2) is 22.4 Å². The molecule has 0 aliphatic rings. The van der Waals surface area contributed by atoms with E-state index in [0.29, 0.717) is 11.4 Å². The number of rotatable bonds is 6. The summed E-state index contributed by atoms with van der Waals surface area (Å²) in [4.78, 5) is 34.3. The van der Waals surface area contributed by atoms with Gasteiger partial charge < -0.3 is 9.73 Å². The van der Waals surface area contributed by atoms with Crippen LogP contribution in [0.4, 0.5) is 11.4 Å². The molecule has 0 atom stereocenters. The van der Waals surface area contributed by atoms with E-state index in [1.54, 1.807) is 43.3 Å². The minimum atomic E-state index is -0.572. The van der Waals surface area contributed by atoms with Gasteiger partial charge in [-0.1, -0.05) is 18.2 Å². The van der Waals surface area contributed by atoms with Crippen LogP contribution in [-0.2, 0) is 0 Å². The Balaban J connectivity index is 1.63. The molecule has 0 saturated carbocycles. The number of amides is 2. The molecule has 0 fully saturated rings. The van der Waals surface area contributed by atoms with E-state index in [1.807, 2.05) is 0 Å². The lowest BCUT2D eigenvalue weighted by molar-refractivity contribution is -0.384. The van der Waals surface area contributed by atoms with E-state index in [9.17, 15) is 19.7 Å². The van der Waals surface area contributed by atoms with E-state index in [-0.39, 0.29) is 22.9 Å². The van der Waals surface area contributed by atoms with Crippen molar-refractivity contribution in [1.29, 1.82) is 0 Å². The summed E-state index contributed by atoms with van der Waals surface area (Å²) in [5, 5.41) is 17.5. The Morgan fingerprint density at radius 2 is 1.76 bits per heavy atom. The van der Waals surface area contributed by atoms with Crippen LogP contribution in [0.25, 0.3) is 0 Å². The lowest BCUT2D eigenvalue weighted by Gasteiger charge is -2.06. The zero-order valence-corrected chi connectivity index (χ0v) is 15.3. The molecule has 3 rings (SSSR count). The highest BCUT2D eigenvalue weighted by Crippen LogP contribution is 2.14. The number of nitro groups is 1. The number of carbonyl (C=O) groups excluding carboxylic acids is 2. The predicted molar refractivity (Wildman–Crippen MR) is 106 cm³/mol. The van der Waals surface area contributed by atoms with Crippen molar-refractivity contribution in [2.75, 3.05) is 5.32 Å². The molecule has 2 aromatic carbocycles. The van der Waals surface area contributed by atoms with Crippen molar-refractivity contribution in [2.24, 2.45) is 5.10 Å². The van der Waals surface area contributed by atoms with Crippen molar-refractivity contribution in [3.63, 3.8) is 0 Å². The summed E-state index contributed by atoms with van der Waals surface area (Å²) < 4.78 is 5.03. The first-order valence-corrected chi connectivity index (χ1v) is 8.48. The van der Waals surface area contributed by atoms with Gasteiger partial charge in [-0.15, -0.1) is 0 Å². The highest BCUT2D eigenvalue weighted by atomic mass is 16.6. The first-order valence-electron chi connectivity index (χ1n) is 8.48. The lowest BCUT2D eigenvalue weighted by Crippen LogP contribution is -2.19. The summed E-state index contributed by atoms with van der Waals surface area (Å²) in [5.41, 5.74) is 4.15. The second kappa shape index (κ2) is 8.61. The number of hydrogen-bond acceptors (Lipinski definition) is 6. The molecule has 0 radical (unpaired) electrons. The largest absolute Gasteiger partial charge is 0.459 e. The van der Waals surface area contributed by atoms with Gasteiger partial charge >= 0.3 is 0 Å². The molecule has 146 valence electrons. The van der Waals surface area contributed by atoms with Crippen LogP contribution in [0.1, 0.15) is 33.4 Å². The van der Waals surface area contributed by atoms with Crippen molar-refractivity contribution < 1.29 is 18.9 Å². The minimum absolute atomic E-state index is 0.131. The summed E-state index contributed by atoms with van der Waals surface area (Å²) >= 11 is 0. The molecular formula is C20H16N4O5. The molecule has 2 amide bonds. The highest BCUT2D eigenvalue weighted by Gasteiger charge is 2.11. The second-order valence-corrected chi connectivity index (χ2v) is 5.95. The van der Waals surface area contributed by atoms with Crippen molar-refractivity contribution >= 4 is 28.9 Å². The van der Waals surface area contributed by atoms with Gasteiger partial charge in [0.25, 0.3) is 17.5 Å². The standard InChI is InChI=1S/C20H16N4O5/c1-13(22-23-19(25)15-4-2-5-17(12-15)24(27)28)14-7-9-16(10-8-14)21-20(26)18-6-3-11-29-18/h2-12H,1H3,(H,21,26)(H,23,25)/b22-13-. The number of nitro benzene ring substituents is 1. The summed E-state index contributed by atoms with van der Waals surface area (Å²) in [6.07, 6.45) is 1.42. The Bertz CT molecular complexity index is 1070. The molecule has 2 N–H and O–H groups in total. The van der Waals surface area contributed by atoms with Crippen LogP contribution in [0, 0.1) is 10.1 Å². The average molecular weight is 392 g/mol. The topological polar surface area (TPSA) is 127 Å². The number of benzene rings is 2. The zero-order valence-electron chi connectivity index (χ0n) is 15.3. The van der Waals surface area contributed by atoms with Crippen LogP contribution in [0.3, 0.4) is 0 Å². The van der Waals surface area contributed by atoms with Gasteiger partial charge in [-0.2, -0.15) is 5.10 Å². The van der Waals surface area contributed by atoms with Gasteiger partial charge in [0.15, 0.2) is 5.76 Å². The third-order valence-electron chi connectivity index (χ3n) is 3.95. The van der Waals surface area contributed by atoms with Crippen molar-refractivity contribution in [3.8, 4) is 0 Å². The first kappa shape index (κ1) is 19.5. The number of nitrogens with zero attached hydrogens (tertiary/aromatic N) is 2. The smallest absolute Gasteiger partial charge is 0.291 e. The van der Waals surface area contributed by atoms with Crippen LogP contribution in [0.5, 0.6) is 0 Å². The van der Waals surface area contributed by atoms with Gasteiger partial charge in [0.05, 0.1) is 16.9 Å². The fourth-order valence-electron chi connectivity index (χ4n) is 2.42. The SMILES string of the molecule is C/C(=N/NC(=O)c1cccc([N+](=O)[O-])c1)c1ccc(NC(=O)c2ccco2)cc1. The quantitative estimate of drug-likeness (QED) is 0.376. The molecule has 0 bridgehead atoms. The fraction of sp³-hybridized carbons (Fsp3) is 0.0500. The molecule has 9 heteroatoms. The Labute approximate surface area is 165 Å². The zero-order chi connectivity index (χ0) is 20.8. The molecule has 0 unspecified atom stereocenters. The molecular weight excluding hydrogens is 376 g/mol. The van der Waals surface area contributed by atoms with E-state index in [4.69, 9.17) is 4.42 Å². The van der Waals surface area contributed by atoms with E-state index >= 15 is 0 Å². The Morgan fingerprint density at radius 1 is 1.00 bits per heavy atom. The summed E-state index contributed by atoms with van der Waals surface area (Å²) in [5.74, 6) is -0.719. The number of non-ortho nitro benzene ring substituents is 1. The highest BCUT2D eigenvalue weighted by molar-refractivity contribution is 6.03. The van der Waals surface area contributed by atoms with Gasteiger partial charge in [-0.05, 0) is 42.8 Å². The Morgan fingerprint density at radius 3 is 2.41 bits per heavy atom. The van der Waals surface area contributed by atoms with E-state index in [1.165, 1.54) is 30.5 Å². The van der Waals surface area contributed by atoms with Crippen LogP contribution in [0.15, 0.2) is 76.4 Å². The van der Waals surface area contributed by atoms with Crippen molar-refractivity contribution in [1.82, 2.24) is 5.43 Å². The lowest BCUT2D eigenvalue weighted by atomic mass is 10.1. The minimum Gasteiger partial charge on any atom is -0.459 e. The number of hydrazone groups is 1. The van der Waals surface area contributed by atoms with Gasteiger partial charge in [-0.3, -0.25) is 19.7 Å². The number of nitrogens with one attached hydrogen (secondary N) is 2. The molecule has 9 nitrogen and oxygen atoms in total. The van der Waals surface area contributed by atoms with Gasteiger partial charge in [0.2, 0.25) is 0 Å². The molecule has 0 saturated heterocycles. The van der Waals surface area contributed by atoms with Crippen molar-refractivity contribution in [2.45, 2.75) is 6.92 Å². The van der Waals surface area contributed by atoms with E-state index < -0.39 is 10.8 Å². The summed E-state index contributed by atoms with van der Waals surface area (Å²) in [6, 6.07) is 15.4. The molecule has 0 aliphatic carbocycles. The molecule has 29 heavy (non-hydrogen) atoms. The number of anilines is 1. The maximum Gasteiger partial charge on any atom is 0.291 e. The second-order valence-electron chi connectivity index (χ2n) is 5.95. The van der Waals surface area contributed by atoms with Crippen LogP contribution in [0.2, 0.25) is 0 Å². The summed E-state index contributed by atoms with van der Waals surface area (Å²) in [7, 11) is 0. The third-order valence-corrected chi connectivity index (χ3v) is 3.95. The maximum atomic E-state index is 12.1. The van der Waals surface area contributed by atoms with E-state index in [2.05, 4.69) is 15.8 Å². The number of furan rings is 1. The van der Waals surface area contributed by atoms with Gasteiger partial charge in [-0.25, -0.2) is 5.43 Å². The van der Waals surface area contributed by atoms with Crippen LogP contribution >= 0.6 is 0 Å². The first-order chi connectivity index (χ1) is 13.9. The Kier molecular flexibility index (Phi) is 5.79. The Hall–Kier alpha value is -4.27. The molecule has 1 aromatic heterocycles. The number of hydrogen-bond donors (Lipinski definition) is 2. The van der Waals surface area contributed by atoms with Gasteiger partial charge in [0, 0.05) is 23.4 Å². The number of carbonyl (C=O) groups is 2. The summed E-state index contributed by atoms with van der Waals surface area (Å²) in [6.45, 7) is 1.70. The van der Waals surface area contributed by atoms with Gasteiger partial charge in [0.1, 0.15) is 0 Å². The molecule has 3 aromatic rings. The maximum absolute atomic E-state index is 12.1. The fourth-order valence-corrected chi connectivity index (χ4v) is 2.42. The average Bonchev–Trinajstić information content (AvgIpc) is 3.27. The predicted octanol–water partition coefficient (Wildman–Crippen LogP) is 3.59. The molecule has 0 spiro atoms. The third kappa shape index (κ3) is 4.92. The monoisotopic (exact) mass is 392 g/mol. The molecule has 1 heterocycles. The van der Waals surface area contributed by atoms with Crippen molar-refractivity contribution in [3.05, 3.63) is 93.9 Å². The van der Waals surface area contributed by atoms with E-state index in [0.717, 1.165) is 5.56 Å².